The summed E-state index contributed by atoms with van der Waals surface area (Å²) in [5, 5.41) is 5.87. The van der Waals surface area contributed by atoms with E-state index in [-0.39, 0.29) is 0 Å². The molecule has 0 amide bonds. The molecule has 2 heterocycles. The van der Waals surface area contributed by atoms with Crippen LogP contribution in [0.5, 0.6) is 0 Å². The maximum Gasteiger partial charge on any atom is 0.172 e. The van der Waals surface area contributed by atoms with Crippen molar-refractivity contribution in [3.8, 4) is 0 Å². The van der Waals surface area contributed by atoms with Crippen molar-refractivity contribution in [2.75, 3.05) is 5.73 Å². The fourth-order valence-corrected chi connectivity index (χ4v) is 2.63. The zero-order chi connectivity index (χ0) is 12.7. The van der Waals surface area contributed by atoms with Crippen LogP contribution in [0.3, 0.4) is 0 Å². The number of nitrogens with one attached hydrogen (secondary N) is 1. The van der Waals surface area contributed by atoms with Gasteiger partial charge in [0.1, 0.15) is 5.03 Å². The highest BCUT2D eigenvalue weighted by molar-refractivity contribution is 7.99. The van der Waals surface area contributed by atoms with E-state index in [4.69, 9.17) is 5.73 Å². The molecule has 3 aromatic rings. The molecule has 6 heteroatoms. The van der Waals surface area contributed by atoms with Crippen LogP contribution < -0.4 is 5.73 Å². The van der Waals surface area contributed by atoms with Crippen molar-refractivity contribution in [2.24, 2.45) is 7.05 Å². The molecule has 0 unspecified atom stereocenters. The molecule has 1 aromatic carbocycles. The minimum atomic E-state index is 0.666. The van der Waals surface area contributed by atoms with Crippen molar-refractivity contribution in [2.45, 2.75) is 17.1 Å². The zero-order valence-electron chi connectivity index (χ0n) is 10.1. The molecule has 0 aliphatic rings. The van der Waals surface area contributed by atoms with Gasteiger partial charge in [-0.2, -0.15) is 5.10 Å². The van der Waals surface area contributed by atoms with Crippen molar-refractivity contribution in [3.63, 3.8) is 0 Å². The summed E-state index contributed by atoms with van der Waals surface area (Å²) in [6.45, 7) is 2.06. The number of benzene rings is 1. The Morgan fingerprint density at radius 2 is 2.22 bits per heavy atom. The molecule has 5 nitrogen and oxygen atoms in total. The van der Waals surface area contributed by atoms with E-state index in [0.29, 0.717) is 5.69 Å². The van der Waals surface area contributed by atoms with Crippen molar-refractivity contribution >= 4 is 28.5 Å². The number of hydrogen-bond acceptors (Lipinski definition) is 4. The summed E-state index contributed by atoms with van der Waals surface area (Å²) in [6.07, 6.45) is 1.79. The molecule has 0 spiro atoms. The summed E-state index contributed by atoms with van der Waals surface area (Å²) in [5.41, 5.74) is 9.73. The van der Waals surface area contributed by atoms with Gasteiger partial charge in [0.25, 0.3) is 0 Å². The molecule has 0 fully saturated rings. The molecule has 0 aliphatic heterocycles. The number of aromatic amines is 1. The lowest BCUT2D eigenvalue weighted by Gasteiger charge is -1.92. The summed E-state index contributed by atoms with van der Waals surface area (Å²) >= 11 is 1.44. The van der Waals surface area contributed by atoms with E-state index in [2.05, 4.69) is 28.1 Å². The van der Waals surface area contributed by atoms with Crippen molar-refractivity contribution in [1.29, 1.82) is 0 Å². The first-order chi connectivity index (χ1) is 8.61. The Hall–Kier alpha value is -1.95. The van der Waals surface area contributed by atoms with E-state index in [1.54, 1.807) is 10.9 Å². The lowest BCUT2D eigenvalue weighted by atomic mass is 10.2. The highest BCUT2D eigenvalue weighted by Crippen LogP contribution is 2.29. The zero-order valence-corrected chi connectivity index (χ0v) is 11.0. The van der Waals surface area contributed by atoms with Crippen molar-refractivity contribution in [1.82, 2.24) is 19.7 Å². The topological polar surface area (TPSA) is 72.5 Å². The molecule has 3 N–H and O–H groups in total. The maximum atomic E-state index is 5.86. The summed E-state index contributed by atoms with van der Waals surface area (Å²) in [4.78, 5) is 7.77. The third-order valence-electron chi connectivity index (χ3n) is 2.63. The Labute approximate surface area is 108 Å². The van der Waals surface area contributed by atoms with E-state index in [9.17, 15) is 0 Å². The molecular formula is C12H13N5S. The normalized spacial score (nSPS) is 11.2. The molecule has 0 atom stereocenters. The summed E-state index contributed by atoms with van der Waals surface area (Å²) in [7, 11) is 1.85. The van der Waals surface area contributed by atoms with Crippen LogP contribution in [-0.2, 0) is 7.05 Å². The van der Waals surface area contributed by atoms with Crippen LogP contribution in [0.1, 0.15) is 5.56 Å². The van der Waals surface area contributed by atoms with Crippen LogP contribution in [0.4, 0.5) is 5.69 Å². The van der Waals surface area contributed by atoms with Gasteiger partial charge in [-0.25, -0.2) is 4.98 Å². The van der Waals surface area contributed by atoms with E-state index in [0.717, 1.165) is 21.2 Å². The van der Waals surface area contributed by atoms with Gasteiger partial charge >= 0.3 is 0 Å². The number of imidazole rings is 1. The molecule has 0 radical (unpaired) electrons. The second kappa shape index (κ2) is 4.06. The Morgan fingerprint density at radius 3 is 2.94 bits per heavy atom. The highest BCUT2D eigenvalue weighted by atomic mass is 32.2. The number of nitrogens with two attached hydrogens (primary N) is 1. The Bertz CT molecular complexity index is 712. The monoisotopic (exact) mass is 259 g/mol. The van der Waals surface area contributed by atoms with E-state index in [1.165, 1.54) is 17.3 Å². The average Bonchev–Trinajstić information content (AvgIpc) is 2.82. The number of aromatic nitrogens is 4. The molecule has 0 saturated heterocycles. The molecule has 0 saturated carbocycles. The van der Waals surface area contributed by atoms with Crippen LogP contribution in [0, 0.1) is 6.92 Å². The third-order valence-corrected chi connectivity index (χ3v) is 3.53. The number of rotatable bonds is 2. The lowest BCUT2D eigenvalue weighted by molar-refractivity contribution is 0.737. The smallest absolute Gasteiger partial charge is 0.172 e. The fraction of sp³-hybridized carbons (Fsp3) is 0.167. The number of H-pyrrole nitrogens is 1. The third kappa shape index (κ3) is 1.95. The SMILES string of the molecule is Cc1ccc2nc(Sc3nn(C)cc3N)[nH]c2c1. The number of anilines is 1. The standard InChI is InChI=1S/C12H13N5S/c1-7-3-4-9-10(5-7)15-12(14-9)18-11-8(13)6-17(2)16-11/h3-6H,13H2,1-2H3,(H,14,15). The van der Waals surface area contributed by atoms with Gasteiger partial charge in [0.2, 0.25) is 0 Å². The highest BCUT2D eigenvalue weighted by Gasteiger charge is 2.10. The molecule has 0 aliphatic carbocycles. The van der Waals surface area contributed by atoms with Crippen LogP contribution >= 0.6 is 11.8 Å². The van der Waals surface area contributed by atoms with Gasteiger partial charge in [-0.05, 0) is 36.4 Å². The van der Waals surface area contributed by atoms with Gasteiger partial charge in [-0.15, -0.1) is 0 Å². The number of aryl methyl sites for hydroxylation is 2. The summed E-state index contributed by atoms with van der Waals surface area (Å²) in [5.74, 6) is 0. The largest absolute Gasteiger partial charge is 0.395 e. The molecule has 0 bridgehead atoms. The Kier molecular flexibility index (Phi) is 2.52. The van der Waals surface area contributed by atoms with Crippen molar-refractivity contribution in [3.05, 3.63) is 30.0 Å². The summed E-state index contributed by atoms with van der Waals surface area (Å²) < 4.78 is 1.70. The molecule has 3 rings (SSSR count). The first-order valence-electron chi connectivity index (χ1n) is 5.55. The average molecular weight is 259 g/mol. The number of hydrogen-bond donors (Lipinski definition) is 2. The maximum absolute atomic E-state index is 5.86. The number of fused-ring (bicyclic) bond motifs is 1. The first kappa shape index (κ1) is 11.2. The van der Waals surface area contributed by atoms with E-state index < -0.39 is 0 Å². The number of nitrogens with zero attached hydrogens (tertiary/aromatic N) is 3. The first-order valence-corrected chi connectivity index (χ1v) is 6.37. The fourth-order valence-electron chi connectivity index (χ4n) is 1.81. The van der Waals surface area contributed by atoms with Gasteiger partial charge < -0.3 is 10.7 Å². The van der Waals surface area contributed by atoms with Crippen LogP contribution in [0.25, 0.3) is 11.0 Å². The Balaban J connectivity index is 1.97. The van der Waals surface area contributed by atoms with Gasteiger partial charge in [-0.1, -0.05) is 6.07 Å². The number of nitrogen functional groups attached to an aromatic ring is 1. The van der Waals surface area contributed by atoms with Crippen LogP contribution in [0.2, 0.25) is 0 Å². The minimum Gasteiger partial charge on any atom is -0.395 e. The van der Waals surface area contributed by atoms with Crippen LogP contribution in [-0.4, -0.2) is 19.7 Å². The Morgan fingerprint density at radius 1 is 1.39 bits per heavy atom. The van der Waals surface area contributed by atoms with Gasteiger partial charge in [0.15, 0.2) is 5.16 Å². The predicted molar refractivity (Wildman–Crippen MR) is 72.6 cm³/mol. The quantitative estimate of drug-likeness (QED) is 0.741. The van der Waals surface area contributed by atoms with Gasteiger partial charge in [-0.3, -0.25) is 4.68 Å². The second-order valence-electron chi connectivity index (χ2n) is 4.23. The van der Waals surface area contributed by atoms with Gasteiger partial charge in [0.05, 0.1) is 16.7 Å². The predicted octanol–water partition coefficient (Wildman–Crippen LogP) is 2.34. The molecular weight excluding hydrogens is 246 g/mol. The molecule has 2 aromatic heterocycles. The van der Waals surface area contributed by atoms with Gasteiger partial charge in [0, 0.05) is 13.2 Å². The van der Waals surface area contributed by atoms with E-state index >= 15 is 0 Å². The minimum absolute atomic E-state index is 0.666. The summed E-state index contributed by atoms with van der Waals surface area (Å²) in [6, 6.07) is 6.13. The van der Waals surface area contributed by atoms with Crippen LogP contribution in [0.15, 0.2) is 34.6 Å². The second-order valence-corrected chi connectivity index (χ2v) is 5.21. The van der Waals surface area contributed by atoms with Crippen molar-refractivity contribution < 1.29 is 0 Å². The van der Waals surface area contributed by atoms with E-state index in [1.807, 2.05) is 19.2 Å². The molecule has 18 heavy (non-hydrogen) atoms. The lowest BCUT2D eigenvalue weighted by Crippen LogP contribution is -1.87. The molecule has 92 valence electrons.